The maximum Gasteiger partial charge on any atom is 0.230 e. The molecule has 4 aliphatic rings. The molecule has 3 aliphatic carbocycles. The number of nitrogens with one attached hydrogen (secondary N) is 1. The smallest absolute Gasteiger partial charge is 0.230 e. The lowest BCUT2D eigenvalue weighted by atomic mass is 9.50. The first-order valence-electron chi connectivity index (χ1n) is 16.2. The molecule has 1 N–H and O–H groups in total. The largest absolute Gasteiger partial charge is 0.387 e. The van der Waals surface area contributed by atoms with Gasteiger partial charge in [0.05, 0.1) is 0 Å². The van der Waals surface area contributed by atoms with Gasteiger partial charge in [-0.1, -0.05) is 78.0 Å². The van der Waals surface area contributed by atoms with E-state index in [4.69, 9.17) is 0 Å². The number of carbonyl (C=O) groups is 2. The molecule has 1 aromatic carbocycles. The molecule has 3 fully saturated rings. The number of hydrogen-bond acceptors (Lipinski definition) is 3. The maximum atomic E-state index is 14.8. The summed E-state index contributed by atoms with van der Waals surface area (Å²) in [5.74, 6) is 2.52. The Hall–Kier alpha value is -2.10. The number of fused-ring (bicyclic) bond motifs is 5. The van der Waals surface area contributed by atoms with Crippen LogP contribution in [0.4, 0.5) is 5.69 Å². The van der Waals surface area contributed by atoms with E-state index in [9.17, 15) is 9.59 Å². The molecule has 0 spiro atoms. The number of carbonyl (C=O) groups excluding carboxylic acids is 2. The first-order valence-corrected chi connectivity index (χ1v) is 16.2. The monoisotopic (exact) mass is 532 g/mol. The summed E-state index contributed by atoms with van der Waals surface area (Å²) < 4.78 is 0. The van der Waals surface area contributed by atoms with Gasteiger partial charge in [0.25, 0.3) is 0 Å². The number of anilines is 1. The molecule has 39 heavy (non-hydrogen) atoms. The van der Waals surface area contributed by atoms with E-state index in [0.29, 0.717) is 30.1 Å². The molecule has 1 heterocycles. The fourth-order valence-electron chi connectivity index (χ4n) is 9.37. The van der Waals surface area contributed by atoms with E-state index in [-0.39, 0.29) is 28.6 Å². The van der Waals surface area contributed by atoms with Crippen molar-refractivity contribution in [2.24, 2.45) is 34.5 Å². The van der Waals surface area contributed by atoms with Crippen molar-refractivity contribution in [2.45, 2.75) is 117 Å². The Labute approximate surface area is 237 Å². The highest BCUT2D eigenvalue weighted by Gasteiger charge is 2.61. The van der Waals surface area contributed by atoms with Crippen molar-refractivity contribution >= 4 is 17.4 Å². The Morgan fingerprint density at radius 3 is 2.51 bits per heavy atom. The van der Waals surface area contributed by atoms with Gasteiger partial charge in [-0.3, -0.25) is 9.59 Å². The minimum Gasteiger partial charge on any atom is -0.387 e. The fourth-order valence-corrected chi connectivity index (χ4v) is 9.37. The quantitative estimate of drug-likeness (QED) is 0.310. The molecule has 1 aliphatic heterocycles. The van der Waals surface area contributed by atoms with Gasteiger partial charge in [0.15, 0.2) is 5.78 Å². The number of ketones is 1. The average molecular weight is 533 g/mol. The fraction of sp³-hybridized carbons (Fsp3) is 0.714. The van der Waals surface area contributed by atoms with Crippen molar-refractivity contribution in [1.29, 1.82) is 0 Å². The number of amides is 1. The second-order valence-corrected chi connectivity index (χ2v) is 13.7. The molecule has 0 radical (unpaired) electrons. The van der Waals surface area contributed by atoms with Crippen LogP contribution in [-0.2, 0) is 9.59 Å². The molecular formula is C35H52N2O2. The maximum absolute atomic E-state index is 14.8. The molecule has 4 nitrogen and oxygen atoms in total. The molecule has 0 bridgehead atoms. The molecule has 7 atom stereocenters. The molecule has 214 valence electrons. The third-order valence-corrected chi connectivity index (χ3v) is 11.5. The lowest BCUT2D eigenvalue weighted by Crippen LogP contribution is -2.57. The van der Waals surface area contributed by atoms with E-state index < -0.39 is 0 Å². The molecule has 1 aromatic rings. The Morgan fingerprint density at radius 2 is 1.77 bits per heavy atom. The highest BCUT2D eigenvalue weighted by Crippen LogP contribution is 2.64. The van der Waals surface area contributed by atoms with Gasteiger partial charge in [-0.2, -0.15) is 0 Å². The molecule has 1 saturated heterocycles. The highest BCUT2D eigenvalue weighted by molar-refractivity contribution is 5.96. The van der Waals surface area contributed by atoms with Gasteiger partial charge < -0.3 is 10.2 Å². The van der Waals surface area contributed by atoms with Crippen LogP contribution in [0.3, 0.4) is 0 Å². The number of nitrogens with zero attached hydrogens (tertiary/aromatic N) is 1. The zero-order chi connectivity index (χ0) is 27.6. The zero-order valence-electron chi connectivity index (χ0n) is 25.0. The van der Waals surface area contributed by atoms with Crippen LogP contribution in [-0.4, -0.2) is 24.3 Å². The van der Waals surface area contributed by atoms with Gasteiger partial charge in [-0.15, -0.1) is 0 Å². The summed E-state index contributed by atoms with van der Waals surface area (Å²) in [5, 5.41) is 3.73. The van der Waals surface area contributed by atoms with Gasteiger partial charge >= 0.3 is 0 Å². The second-order valence-electron chi connectivity index (χ2n) is 13.7. The van der Waals surface area contributed by atoms with Crippen LogP contribution in [0.5, 0.6) is 0 Å². The van der Waals surface area contributed by atoms with Gasteiger partial charge in [0.2, 0.25) is 5.91 Å². The Kier molecular flexibility index (Phi) is 8.59. The molecular weight excluding hydrogens is 480 g/mol. The van der Waals surface area contributed by atoms with Crippen molar-refractivity contribution in [3.63, 3.8) is 0 Å². The Balaban J connectivity index is 1.40. The lowest BCUT2D eigenvalue weighted by Gasteiger charge is -2.58. The van der Waals surface area contributed by atoms with Gasteiger partial charge in [0, 0.05) is 47.8 Å². The summed E-state index contributed by atoms with van der Waals surface area (Å²) in [6.07, 6.45) is 16.3. The molecule has 5 rings (SSSR count). The lowest BCUT2D eigenvalue weighted by molar-refractivity contribution is -0.130. The number of rotatable bonds is 10. The van der Waals surface area contributed by atoms with Crippen molar-refractivity contribution in [1.82, 2.24) is 5.32 Å². The van der Waals surface area contributed by atoms with Crippen LogP contribution in [0.1, 0.15) is 111 Å². The van der Waals surface area contributed by atoms with Crippen LogP contribution in [0.25, 0.3) is 0 Å². The van der Waals surface area contributed by atoms with Crippen molar-refractivity contribution < 1.29 is 9.59 Å². The normalized spacial score (nSPS) is 34.3. The van der Waals surface area contributed by atoms with Gasteiger partial charge in [-0.25, -0.2) is 0 Å². The number of para-hydroxylation sites is 1. The Morgan fingerprint density at radius 1 is 0.974 bits per heavy atom. The molecule has 0 aromatic heterocycles. The molecule has 4 heteroatoms. The predicted octanol–water partition coefficient (Wildman–Crippen LogP) is 8.07. The van der Waals surface area contributed by atoms with Crippen LogP contribution in [0, 0.1) is 34.5 Å². The Bertz CT molecular complexity index is 1050. The summed E-state index contributed by atoms with van der Waals surface area (Å²) in [5.41, 5.74) is 2.41. The number of hydrogen-bond donors (Lipinski definition) is 1. The third kappa shape index (κ3) is 5.22. The number of allylic oxidation sites excluding steroid dienone is 2. The SMILES string of the molecule is CCCCCCC(CCC)N(C(=O)C1CC[C@H]2[C@@H]3CNC4=CC(=O)CC[C@]4(C)[C@@H]3CC[C@]12C)c1ccccc1. The first-order chi connectivity index (χ1) is 18.8. The van der Waals surface area contributed by atoms with E-state index in [2.05, 4.69) is 68.2 Å². The van der Waals surface area contributed by atoms with Gasteiger partial charge in [0.1, 0.15) is 0 Å². The van der Waals surface area contributed by atoms with Crippen LogP contribution < -0.4 is 10.2 Å². The zero-order valence-corrected chi connectivity index (χ0v) is 25.0. The first kappa shape index (κ1) is 28.4. The van der Waals surface area contributed by atoms with Crippen LogP contribution in [0.15, 0.2) is 42.1 Å². The van der Waals surface area contributed by atoms with E-state index in [1.165, 1.54) is 37.8 Å². The highest BCUT2D eigenvalue weighted by atomic mass is 16.2. The summed E-state index contributed by atoms with van der Waals surface area (Å²) in [6, 6.07) is 10.8. The molecule has 1 amide bonds. The van der Waals surface area contributed by atoms with Crippen LogP contribution in [0.2, 0.25) is 0 Å². The summed E-state index contributed by atoms with van der Waals surface area (Å²) in [4.78, 5) is 29.2. The predicted molar refractivity (Wildman–Crippen MR) is 160 cm³/mol. The molecule has 2 unspecified atom stereocenters. The van der Waals surface area contributed by atoms with Crippen molar-refractivity contribution in [2.75, 3.05) is 11.4 Å². The van der Waals surface area contributed by atoms with E-state index in [0.717, 1.165) is 57.2 Å². The molecule has 2 saturated carbocycles. The number of benzene rings is 1. The summed E-state index contributed by atoms with van der Waals surface area (Å²) in [6.45, 7) is 10.3. The van der Waals surface area contributed by atoms with E-state index in [1.807, 2.05) is 6.08 Å². The number of unbranched alkanes of at least 4 members (excludes halogenated alkanes) is 3. The van der Waals surface area contributed by atoms with E-state index in [1.54, 1.807) is 0 Å². The number of piperidine rings is 1. The topological polar surface area (TPSA) is 49.4 Å². The third-order valence-electron chi connectivity index (χ3n) is 11.5. The summed E-state index contributed by atoms with van der Waals surface area (Å²) in [7, 11) is 0. The van der Waals surface area contributed by atoms with Gasteiger partial charge in [-0.05, 0) is 80.2 Å². The minimum atomic E-state index is 0.0496. The van der Waals surface area contributed by atoms with Crippen molar-refractivity contribution in [3.8, 4) is 0 Å². The average Bonchev–Trinajstić information content (AvgIpc) is 3.29. The second kappa shape index (κ2) is 11.8. The van der Waals surface area contributed by atoms with Crippen molar-refractivity contribution in [3.05, 3.63) is 42.1 Å². The summed E-state index contributed by atoms with van der Waals surface area (Å²) >= 11 is 0. The minimum absolute atomic E-state index is 0.0496. The van der Waals surface area contributed by atoms with Crippen LogP contribution >= 0.6 is 0 Å². The standard InChI is InChI=1S/C35H52N2O2/c1-5-7-8-10-14-25(13-6-2)37(26-15-11-9-12-16-26)33(39)31-18-17-29-28-24-36-32-23-27(38)19-21-35(32,4)30(28)20-22-34(29,31)3/h9,11-12,15-16,23,25,28-31,36H,5-8,10,13-14,17-22,24H2,1-4H3/t25?,28-,29-,30+,31?,34-,35+/m0/s1. The van der Waals surface area contributed by atoms with E-state index >= 15 is 0 Å².